The maximum absolute atomic E-state index is 11.1. The van der Waals surface area contributed by atoms with E-state index in [0.29, 0.717) is 14.5 Å². The zero-order chi connectivity index (χ0) is 15.6. The van der Waals surface area contributed by atoms with Crippen molar-refractivity contribution in [2.75, 3.05) is 0 Å². The minimum absolute atomic E-state index is 0.128. The predicted octanol–water partition coefficient (Wildman–Crippen LogP) is 4.59. The van der Waals surface area contributed by atoms with E-state index in [1.807, 2.05) is 0 Å². The molecule has 0 aliphatic rings. The number of aromatic amines is 1. The number of nitrogens with one attached hydrogen (secondary N) is 1. The quantitative estimate of drug-likeness (QED) is 0.268. The van der Waals surface area contributed by atoms with Gasteiger partial charge in [0.05, 0.1) is 0 Å². The molecule has 0 amide bonds. The first-order valence-corrected chi connectivity index (χ1v) is 8.94. The summed E-state index contributed by atoms with van der Waals surface area (Å²) in [6.07, 6.45) is 0. The van der Waals surface area contributed by atoms with Gasteiger partial charge in [0.2, 0.25) is 0 Å². The van der Waals surface area contributed by atoms with Gasteiger partial charge >= 0.3 is 136 Å². The molecule has 23 heavy (non-hydrogen) atoms. The zero-order valence-corrected chi connectivity index (χ0v) is 13.6. The van der Waals surface area contributed by atoms with Gasteiger partial charge in [0, 0.05) is 0 Å². The first-order chi connectivity index (χ1) is 11.2. The summed E-state index contributed by atoms with van der Waals surface area (Å²) in [5.41, 5.74) is 2.16. The monoisotopic (exact) mass is 366 g/mol. The molecule has 0 radical (unpaired) electrons. The fourth-order valence-electron chi connectivity index (χ4n) is 3.28. The van der Waals surface area contributed by atoms with Crippen molar-refractivity contribution in [1.82, 2.24) is 4.98 Å². The SMILES string of the molecule is O=[N+]([O-])c1ccc2[nH]c3c(ccc4[se]c5ccccc5c43)c2c1. The Balaban J connectivity index is 2.01. The van der Waals surface area contributed by atoms with E-state index in [2.05, 4.69) is 41.4 Å². The third-order valence-corrected chi connectivity index (χ3v) is 6.69. The van der Waals surface area contributed by atoms with Gasteiger partial charge in [-0.1, -0.05) is 0 Å². The van der Waals surface area contributed by atoms with Gasteiger partial charge in [0.1, 0.15) is 0 Å². The van der Waals surface area contributed by atoms with Crippen molar-refractivity contribution >= 4 is 61.3 Å². The van der Waals surface area contributed by atoms with Crippen LogP contribution >= 0.6 is 0 Å². The molecule has 0 aliphatic carbocycles. The summed E-state index contributed by atoms with van der Waals surface area (Å²) < 4.78 is 2.76. The third-order valence-electron chi connectivity index (χ3n) is 4.31. The van der Waals surface area contributed by atoms with Crippen molar-refractivity contribution in [3.63, 3.8) is 0 Å². The average Bonchev–Trinajstić information content (AvgIpc) is 3.11. The van der Waals surface area contributed by atoms with Gasteiger partial charge in [0.15, 0.2) is 0 Å². The fourth-order valence-corrected chi connectivity index (χ4v) is 5.62. The minimum atomic E-state index is -0.343. The molecule has 1 N–H and O–H groups in total. The molecule has 0 saturated carbocycles. The van der Waals surface area contributed by atoms with Crippen LogP contribution in [-0.2, 0) is 0 Å². The van der Waals surface area contributed by atoms with Gasteiger partial charge in [-0.15, -0.1) is 0 Å². The van der Waals surface area contributed by atoms with Gasteiger partial charge in [-0.25, -0.2) is 0 Å². The number of nitro groups is 1. The van der Waals surface area contributed by atoms with Crippen LogP contribution in [0.1, 0.15) is 0 Å². The second-order valence-electron chi connectivity index (χ2n) is 5.57. The molecule has 5 aromatic rings. The molecular formula is C18H10N2O2Se. The van der Waals surface area contributed by atoms with Crippen LogP contribution in [0.2, 0.25) is 0 Å². The van der Waals surface area contributed by atoms with Crippen molar-refractivity contribution in [1.29, 1.82) is 0 Å². The van der Waals surface area contributed by atoms with Crippen LogP contribution < -0.4 is 0 Å². The van der Waals surface area contributed by atoms with E-state index in [9.17, 15) is 10.1 Å². The number of hydrogen-bond acceptors (Lipinski definition) is 2. The number of H-pyrrole nitrogens is 1. The van der Waals surface area contributed by atoms with Crippen molar-refractivity contribution in [2.45, 2.75) is 0 Å². The van der Waals surface area contributed by atoms with Crippen LogP contribution in [0.25, 0.3) is 41.1 Å². The van der Waals surface area contributed by atoms with Crippen molar-refractivity contribution < 1.29 is 4.92 Å². The molecule has 4 nitrogen and oxygen atoms in total. The zero-order valence-electron chi connectivity index (χ0n) is 11.9. The first-order valence-electron chi connectivity index (χ1n) is 7.22. The Morgan fingerprint density at radius 2 is 1.78 bits per heavy atom. The second-order valence-corrected chi connectivity index (χ2v) is 7.85. The Labute approximate surface area is 136 Å². The molecule has 110 valence electrons. The van der Waals surface area contributed by atoms with Crippen LogP contribution in [0, 0.1) is 10.1 Å². The van der Waals surface area contributed by atoms with Crippen LogP contribution in [-0.4, -0.2) is 24.4 Å². The molecule has 5 heteroatoms. The number of nitro benzene ring substituents is 1. The summed E-state index contributed by atoms with van der Waals surface area (Å²) >= 11 is 0.323. The number of rotatable bonds is 1. The van der Waals surface area contributed by atoms with Gasteiger partial charge in [0.25, 0.3) is 0 Å². The summed E-state index contributed by atoms with van der Waals surface area (Å²) in [7, 11) is 0. The Kier molecular flexibility index (Phi) is 2.49. The standard InChI is InChI=1S/C18H10N2O2Se/c21-20(22)10-5-7-14-13(9-10)11-6-8-16-17(18(11)19-14)12-3-1-2-4-15(12)23-16/h1-9,19H. The molecule has 0 bridgehead atoms. The van der Waals surface area contributed by atoms with Crippen molar-refractivity contribution in [3.05, 3.63) is 64.7 Å². The van der Waals surface area contributed by atoms with Crippen LogP contribution in [0.4, 0.5) is 5.69 Å². The van der Waals surface area contributed by atoms with E-state index in [-0.39, 0.29) is 10.6 Å². The topological polar surface area (TPSA) is 58.9 Å². The fraction of sp³-hybridized carbons (Fsp3) is 0. The molecule has 0 spiro atoms. The van der Waals surface area contributed by atoms with Crippen molar-refractivity contribution in [2.24, 2.45) is 0 Å². The molecule has 0 unspecified atom stereocenters. The summed E-state index contributed by atoms with van der Waals surface area (Å²) in [5.74, 6) is 0. The first kappa shape index (κ1) is 12.9. The maximum atomic E-state index is 11.1. The molecule has 2 heterocycles. The number of benzene rings is 3. The Morgan fingerprint density at radius 3 is 2.65 bits per heavy atom. The predicted molar refractivity (Wildman–Crippen MR) is 94.4 cm³/mol. The van der Waals surface area contributed by atoms with Gasteiger partial charge in [-0.2, -0.15) is 0 Å². The van der Waals surface area contributed by atoms with Gasteiger partial charge in [-0.3, -0.25) is 0 Å². The normalized spacial score (nSPS) is 11.8. The van der Waals surface area contributed by atoms with Crippen LogP contribution in [0.15, 0.2) is 54.6 Å². The van der Waals surface area contributed by atoms with E-state index in [1.165, 1.54) is 19.3 Å². The number of nitrogens with zero attached hydrogens (tertiary/aromatic N) is 1. The Bertz CT molecular complexity index is 1250. The summed E-state index contributed by atoms with van der Waals surface area (Å²) in [6.45, 7) is 0. The third kappa shape index (κ3) is 1.72. The van der Waals surface area contributed by atoms with Gasteiger partial charge < -0.3 is 0 Å². The van der Waals surface area contributed by atoms with E-state index in [0.717, 1.165) is 21.8 Å². The summed E-state index contributed by atoms with van der Waals surface area (Å²) in [4.78, 5) is 14.2. The molecule has 0 aliphatic heterocycles. The molecule has 3 aromatic carbocycles. The van der Waals surface area contributed by atoms with Crippen LogP contribution in [0.3, 0.4) is 0 Å². The summed E-state index contributed by atoms with van der Waals surface area (Å²) in [5, 5.41) is 15.6. The number of fused-ring (bicyclic) bond motifs is 7. The van der Waals surface area contributed by atoms with E-state index in [4.69, 9.17) is 0 Å². The average molecular weight is 365 g/mol. The summed E-state index contributed by atoms with van der Waals surface area (Å²) in [6, 6.07) is 17.8. The number of hydrogen-bond donors (Lipinski definition) is 1. The number of non-ortho nitro benzene ring substituents is 1. The van der Waals surface area contributed by atoms with Crippen molar-refractivity contribution in [3.8, 4) is 0 Å². The molecule has 0 saturated heterocycles. The Morgan fingerprint density at radius 1 is 0.913 bits per heavy atom. The molecule has 2 aromatic heterocycles. The molecule has 5 rings (SSSR count). The molecule has 0 fully saturated rings. The Hall–Kier alpha value is -2.62. The molecule has 0 atom stereocenters. The van der Waals surface area contributed by atoms with E-state index < -0.39 is 0 Å². The van der Waals surface area contributed by atoms with Gasteiger partial charge in [-0.05, 0) is 0 Å². The second kappa shape index (κ2) is 4.44. The molecular weight excluding hydrogens is 355 g/mol. The number of aromatic nitrogens is 1. The van der Waals surface area contributed by atoms with E-state index in [1.54, 1.807) is 18.2 Å². The van der Waals surface area contributed by atoms with E-state index >= 15 is 0 Å². The van der Waals surface area contributed by atoms with Crippen LogP contribution in [0.5, 0.6) is 0 Å².